The van der Waals surface area contributed by atoms with Gasteiger partial charge >= 0.3 is 5.97 Å². The largest absolute Gasteiger partial charge is 0.507 e. The molecule has 0 bridgehead atoms. The van der Waals surface area contributed by atoms with Crippen LogP contribution in [-0.4, -0.2) is 26.1 Å². The topological polar surface area (TPSA) is 89.9 Å². The molecule has 0 aromatic heterocycles. The summed E-state index contributed by atoms with van der Waals surface area (Å²) in [6, 6.07) is 14.6. The summed E-state index contributed by atoms with van der Waals surface area (Å²) in [4.78, 5) is 11.2. The Hall–Kier alpha value is -3.00. The van der Waals surface area contributed by atoms with Gasteiger partial charge in [-0.15, -0.1) is 0 Å². The van der Waals surface area contributed by atoms with Crippen molar-refractivity contribution in [2.24, 2.45) is 0 Å². The van der Waals surface area contributed by atoms with E-state index in [2.05, 4.69) is 0 Å². The molecule has 0 aliphatic heterocycles. The van der Waals surface area contributed by atoms with Crippen molar-refractivity contribution in [1.29, 1.82) is 0 Å². The Morgan fingerprint density at radius 1 is 1.03 bits per heavy atom. The average Bonchev–Trinajstić information content (AvgIpc) is 2.76. The van der Waals surface area contributed by atoms with Crippen LogP contribution in [-0.2, 0) is 19.4 Å². The van der Waals surface area contributed by atoms with Crippen LogP contribution in [0, 0.1) is 0 Å². The standard InChI is InChI=1S/C23H18Cl2O6S/c1-2-30-22(27)11-8-15-12-18(24)23(19(25)13-15)31-16-9-10-20(26)21(14-16)32(28,29)17-6-4-3-5-7-17/h3-14,26H,2H2,1H3/b11-8+. The molecule has 32 heavy (non-hydrogen) atoms. The van der Waals surface area contributed by atoms with E-state index in [-0.39, 0.29) is 37.9 Å². The van der Waals surface area contributed by atoms with Gasteiger partial charge in [0.05, 0.1) is 21.5 Å². The number of carbonyl (C=O) groups is 1. The molecule has 9 heteroatoms. The molecule has 0 aliphatic rings. The van der Waals surface area contributed by atoms with Crippen molar-refractivity contribution in [2.45, 2.75) is 16.7 Å². The summed E-state index contributed by atoms with van der Waals surface area (Å²) in [7, 11) is -3.98. The van der Waals surface area contributed by atoms with Gasteiger partial charge in [0.1, 0.15) is 16.4 Å². The molecule has 0 atom stereocenters. The average molecular weight is 493 g/mol. The van der Waals surface area contributed by atoms with Crippen LogP contribution in [0.2, 0.25) is 10.0 Å². The van der Waals surface area contributed by atoms with Crippen LogP contribution in [0.5, 0.6) is 17.2 Å². The fraction of sp³-hybridized carbons (Fsp3) is 0.0870. The van der Waals surface area contributed by atoms with Crippen molar-refractivity contribution in [3.8, 4) is 17.2 Å². The predicted molar refractivity (Wildman–Crippen MR) is 122 cm³/mol. The van der Waals surface area contributed by atoms with Gasteiger partial charge in [0.15, 0.2) is 5.75 Å². The second-order valence-electron chi connectivity index (χ2n) is 6.45. The summed E-state index contributed by atoms with van der Waals surface area (Å²) in [6.45, 7) is 1.96. The molecule has 0 fully saturated rings. The van der Waals surface area contributed by atoms with Crippen LogP contribution in [0.1, 0.15) is 12.5 Å². The minimum Gasteiger partial charge on any atom is -0.507 e. The van der Waals surface area contributed by atoms with Crippen molar-refractivity contribution in [3.05, 3.63) is 82.3 Å². The van der Waals surface area contributed by atoms with Gasteiger partial charge in [-0.2, -0.15) is 0 Å². The Balaban J connectivity index is 1.91. The zero-order valence-electron chi connectivity index (χ0n) is 16.8. The molecule has 1 N–H and O–H groups in total. The van der Waals surface area contributed by atoms with Gasteiger partial charge in [0.2, 0.25) is 9.84 Å². The number of ether oxygens (including phenoxy) is 2. The second-order valence-corrected chi connectivity index (χ2v) is 9.18. The van der Waals surface area contributed by atoms with Crippen molar-refractivity contribution < 1.29 is 27.8 Å². The third-order valence-corrected chi connectivity index (χ3v) is 6.57. The molecule has 0 heterocycles. The van der Waals surface area contributed by atoms with Crippen molar-refractivity contribution in [2.75, 3.05) is 6.61 Å². The zero-order valence-corrected chi connectivity index (χ0v) is 19.1. The lowest BCUT2D eigenvalue weighted by atomic mass is 10.2. The first-order chi connectivity index (χ1) is 15.2. The lowest BCUT2D eigenvalue weighted by Gasteiger charge is -2.13. The Labute approximate surface area is 195 Å². The van der Waals surface area contributed by atoms with Crippen LogP contribution in [0.15, 0.2) is 76.5 Å². The first-order valence-electron chi connectivity index (χ1n) is 9.37. The molecular weight excluding hydrogens is 475 g/mol. The van der Waals surface area contributed by atoms with Gasteiger partial charge < -0.3 is 14.6 Å². The summed E-state index contributed by atoms with van der Waals surface area (Å²) < 4.78 is 36.3. The van der Waals surface area contributed by atoms with E-state index < -0.39 is 21.6 Å². The number of halogens is 2. The van der Waals surface area contributed by atoms with Crippen molar-refractivity contribution in [1.82, 2.24) is 0 Å². The smallest absolute Gasteiger partial charge is 0.330 e. The van der Waals surface area contributed by atoms with E-state index >= 15 is 0 Å². The molecule has 0 radical (unpaired) electrons. The third kappa shape index (κ3) is 5.43. The van der Waals surface area contributed by atoms with Crippen LogP contribution < -0.4 is 4.74 Å². The maximum Gasteiger partial charge on any atom is 0.330 e. The monoisotopic (exact) mass is 492 g/mol. The number of benzene rings is 3. The first-order valence-corrected chi connectivity index (χ1v) is 11.6. The number of carbonyl (C=O) groups excluding carboxylic acids is 1. The number of sulfone groups is 1. The predicted octanol–water partition coefficient (Wildman–Crippen LogP) is 5.90. The minimum absolute atomic E-state index is 0.0289. The Bertz CT molecular complexity index is 1250. The molecule has 6 nitrogen and oxygen atoms in total. The Morgan fingerprint density at radius 2 is 1.69 bits per heavy atom. The van der Waals surface area contributed by atoms with E-state index in [1.165, 1.54) is 54.6 Å². The van der Waals surface area contributed by atoms with Crippen molar-refractivity contribution >= 4 is 45.1 Å². The van der Waals surface area contributed by atoms with Gasteiger partial charge in [0.25, 0.3) is 0 Å². The Morgan fingerprint density at radius 3 is 2.31 bits per heavy atom. The number of hydrogen-bond donors (Lipinski definition) is 1. The van der Waals surface area contributed by atoms with Gasteiger partial charge in [-0.05, 0) is 55.0 Å². The number of hydrogen-bond acceptors (Lipinski definition) is 6. The number of phenolic OH excluding ortho intramolecular Hbond substituents is 1. The SMILES string of the molecule is CCOC(=O)/C=C/c1cc(Cl)c(Oc2ccc(O)c(S(=O)(=O)c3ccccc3)c2)c(Cl)c1. The normalized spacial score (nSPS) is 11.5. The molecule has 166 valence electrons. The van der Waals surface area contributed by atoms with Gasteiger partial charge in [0, 0.05) is 12.1 Å². The molecule has 0 unspecified atom stereocenters. The maximum absolute atomic E-state index is 12.9. The Kier molecular flexibility index (Phi) is 7.45. The lowest BCUT2D eigenvalue weighted by Crippen LogP contribution is -2.02. The lowest BCUT2D eigenvalue weighted by molar-refractivity contribution is -0.137. The summed E-state index contributed by atoms with van der Waals surface area (Å²) in [6.07, 6.45) is 2.73. The van der Waals surface area contributed by atoms with Gasteiger partial charge in [-0.1, -0.05) is 41.4 Å². The molecule has 0 aliphatic carbocycles. The fourth-order valence-electron chi connectivity index (χ4n) is 2.75. The van der Waals surface area contributed by atoms with E-state index in [9.17, 15) is 18.3 Å². The van der Waals surface area contributed by atoms with E-state index in [0.717, 1.165) is 0 Å². The number of phenols is 1. The molecule has 3 rings (SSSR count). The number of esters is 1. The van der Waals surface area contributed by atoms with Crippen molar-refractivity contribution in [3.63, 3.8) is 0 Å². The fourth-order valence-corrected chi connectivity index (χ4v) is 4.71. The first kappa shape index (κ1) is 23.7. The highest BCUT2D eigenvalue weighted by Gasteiger charge is 2.22. The van der Waals surface area contributed by atoms with Crippen LogP contribution in [0.25, 0.3) is 6.08 Å². The minimum atomic E-state index is -3.98. The summed E-state index contributed by atoms with van der Waals surface area (Å²) in [5, 5.41) is 10.4. The molecule has 3 aromatic carbocycles. The van der Waals surface area contributed by atoms with E-state index in [1.807, 2.05) is 0 Å². The third-order valence-electron chi connectivity index (χ3n) is 4.21. The van der Waals surface area contributed by atoms with Crippen LogP contribution in [0.4, 0.5) is 0 Å². The highest BCUT2D eigenvalue weighted by molar-refractivity contribution is 7.91. The molecule has 0 saturated carbocycles. The second kappa shape index (κ2) is 10.1. The van der Waals surface area contributed by atoms with Crippen LogP contribution >= 0.6 is 23.2 Å². The maximum atomic E-state index is 12.9. The number of aromatic hydroxyl groups is 1. The molecule has 0 saturated heterocycles. The van der Waals surface area contributed by atoms with E-state index in [1.54, 1.807) is 25.1 Å². The molecule has 0 amide bonds. The molecule has 3 aromatic rings. The van der Waals surface area contributed by atoms with Crippen LogP contribution in [0.3, 0.4) is 0 Å². The molecular formula is C23H18Cl2O6S. The zero-order chi connectivity index (χ0) is 23.3. The highest BCUT2D eigenvalue weighted by atomic mass is 35.5. The number of rotatable bonds is 7. The summed E-state index contributed by atoms with van der Waals surface area (Å²) in [5.41, 5.74) is 0.540. The highest BCUT2D eigenvalue weighted by Crippen LogP contribution is 2.40. The molecule has 0 spiro atoms. The summed E-state index contributed by atoms with van der Waals surface area (Å²) >= 11 is 12.6. The van der Waals surface area contributed by atoms with Gasteiger partial charge in [-0.25, -0.2) is 13.2 Å². The summed E-state index contributed by atoms with van der Waals surface area (Å²) in [5.74, 6) is -0.722. The van der Waals surface area contributed by atoms with E-state index in [4.69, 9.17) is 32.7 Å². The van der Waals surface area contributed by atoms with E-state index in [0.29, 0.717) is 5.56 Å². The quantitative estimate of drug-likeness (QED) is 0.326. The van der Waals surface area contributed by atoms with Gasteiger partial charge in [-0.3, -0.25) is 0 Å².